The van der Waals surface area contributed by atoms with Crippen LogP contribution in [0.3, 0.4) is 0 Å². The summed E-state index contributed by atoms with van der Waals surface area (Å²) in [4.78, 5) is 13.0. The number of nitrogens with one attached hydrogen (secondary N) is 2. The molecule has 0 aliphatic heterocycles. The Labute approximate surface area is 220 Å². The van der Waals surface area contributed by atoms with Crippen LogP contribution in [-0.2, 0) is 47.8 Å². The molecule has 3 aromatic rings. The molecular weight excluding hydrogens is 537 g/mol. The lowest BCUT2D eigenvalue weighted by atomic mass is 10.0. The van der Waals surface area contributed by atoms with Crippen molar-refractivity contribution >= 4 is 23.5 Å². The summed E-state index contributed by atoms with van der Waals surface area (Å²) in [6, 6.07) is 22.4. The summed E-state index contributed by atoms with van der Waals surface area (Å²) in [5.74, 6) is -0.491. The predicted octanol–water partition coefficient (Wildman–Crippen LogP) is 5.21. The minimum atomic E-state index is -4.55. The van der Waals surface area contributed by atoms with Gasteiger partial charge in [-0.3, -0.25) is 9.36 Å². The molecule has 38 heavy (non-hydrogen) atoms. The van der Waals surface area contributed by atoms with Gasteiger partial charge in [-0.05, 0) is 63.6 Å². The van der Waals surface area contributed by atoms with Crippen LogP contribution < -0.4 is 10.0 Å². The zero-order valence-corrected chi connectivity index (χ0v) is 22.2. The molecule has 12 heteroatoms. The van der Waals surface area contributed by atoms with Crippen molar-refractivity contribution in [1.82, 2.24) is 10.0 Å². The number of benzene rings is 3. The highest BCUT2D eigenvalue weighted by Gasteiger charge is 2.29. The molecule has 1 amide bonds. The summed E-state index contributed by atoms with van der Waals surface area (Å²) in [6.07, 6.45) is 1.77. The number of carbonyl (C=O) groups excluding carboxylic acids is 1. The lowest BCUT2D eigenvalue weighted by Crippen LogP contribution is -2.48. The largest absolute Gasteiger partial charge is 0.399 e. The summed E-state index contributed by atoms with van der Waals surface area (Å²) in [5, 5.41) is 2.80. The number of sulfonamides is 1. The first-order valence-electron chi connectivity index (χ1n) is 11.9. The first-order chi connectivity index (χ1) is 18.2. The van der Waals surface area contributed by atoms with Crippen LogP contribution in [0.4, 0.5) is 9.05 Å². The summed E-state index contributed by atoms with van der Waals surface area (Å²) in [7, 11) is -8.55. The quantitative estimate of drug-likeness (QED) is 0.193. The average molecular weight is 567 g/mol. The van der Waals surface area contributed by atoms with Crippen molar-refractivity contribution in [3.8, 4) is 0 Å². The molecule has 0 saturated carbocycles. The number of halogens is 2. The SMILES string of the molecule is O=C(NCCCCc1ccccc1)[C@H](Cc1ccc(CP(=O)(OF)OF)cc1)NS(=O)(=O)c1ccccc1. The standard InChI is InChI=1S/C26H29F2N2O6PS/c27-35-37(32,36-28)20-23-16-14-22(15-17-23)19-25(30-38(33,34)24-12-5-2-6-13-24)26(31)29-18-8-7-11-21-9-3-1-4-10-21/h1-6,9-10,12-17,25,30H,7-8,11,18-20H2,(H,29,31)/t25-/m0/s1. The highest BCUT2D eigenvalue weighted by Crippen LogP contribution is 2.52. The minimum Gasteiger partial charge on any atom is -0.355 e. The fourth-order valence-electron chi connectivity index (χ4n) is 3.78. The molecule has 0 aliphatic rings. The van der Waals surface area contributed by atoms with E-state index in [-0.39, 0.29) is 16.9 Å². The van der Waals surface area contributed by atoms with E-state index in [2.05, 4.69) is 19.5 Å². The average Bonchev–Trinajstić information content (AvgIpc) is 2.94. The van der Waals surface area contributed by atoms with E-state index in [1.807, 2.05) is 30.3 Å². The van der Waals surface area contributed by atoms with Crippen LogP contribution in [0.15, 0.2) is 89.8 Å². The summed E-state index contributed by atoms with van der Waals surface area (Å²) in [6.45, 7) is 0.371. The van der Waals surface area contributed by atoms with E-state index in [1.165, 1.54) is 42.0 Å². The zero-order chi connectivity index (χ0) is 27.4. The Morgan fingerprint density at radius 1 is 0.816 bits per heavy atom. The maximum absolute atomic E-state index is 13.0. The number of carbonyl (C=O) groups is 1. The van der Waals surface area contributed by atoms with E-state index in [0.29, 0.717) is 18.5 Å². The fraction of sp³-hybridized carbons (Fsp3) is 0.269. The van der Waals surface area contributed by atoms with Crippen LogP contribution >= 0.6 is 7.60 Å². The molecule has 0 spiro atoms. The number of unbranched alkanes of at least 4 members (excludes halogenated alkanes) is 1. The smallest absolute Gasteiger partial charge is 0.355 e. The molecular formula is C26H29F2N2O6PS. The van der Waals surface area contributed by atoms with Gasteiger partial charge in [0.25, 0.3) is 0 Å². The molecule has 3 aromatic carbocycles. The second-order valence-corrected chi connectivity index (χ2v) is 12.2. The highest BCUT2D eigenvalue weighted by atomic mass is 32.2. The topological polar surface area (TPSA) is 111 Å². The molecule has 0 heterocycles. The Hall–Kier alpha value is -2.95. The molecule has 0 bridgehead atoms. The number of hydrogen-bond donors (Lipinski definition) is 2. The van der Waals surface area contributed by atoms with Crippen molar-refractivity contribution in [2.75, 3.05) is 6.54 Å². The molecule has 0 aliphatic carbocycles. The van der Waals surface area contributed by atoms with Crippen LogP contribution in [0.2, 0.25) is 0 Å². The van der Waals surface area contributed by atoms with E-state index >= 15 is 0 Å². The summed E-state index contributed by atoms with van der Waals surface area (Å²) in [5.41, 5.74) is 2.02. The lowest BCUT2D eigenvalue weighted by Gasteiger charge is -2.19. The summed E-state index contributed by atoms with van der Waals surface area (Å²) >= 11 is 0. The van der Waals surface area contributed by atoms with Gasteiger partial charge in [-0.1, -0.05) is 72.8 Å². The highest BCUT2D eigenvalue weighted by molar-refractivity contribution is 7.89. The molecule has 0 aromatic heterocycles. The van der Waals surface area contributed by atoms with Crippen molar-refractivity contribution < 1.29 is 36.3 Å². The van der Waals surface area contributed by atoms with E-state index in [9.17, 15) is 26.8 Å². The van der Waals surface area contributed by atoms with Crippen LogP contribution in [0.25, 0.3) is 0 Å². The van der Waals surface area contributed by atoms with Crippen LogP contribution in [0.5, 0.6) is 0 Å². The molecule has 8 nitrogen and oxygen atoms in total. The van der Waals surface area contributed by atoms with Gasteiger partial charge in [0.2, 0.25) is 15.9 Å². The zero-order valence-electron chi connectivity index (χ0n) is 20.5. The van der Waals surface area contributed by atoms with Gasteiger partial charge in [0.1, 0.15) is 6.04 Å². The molecule has 0 saturated heterocycles. The molecule has 0 fully saturated rings. The molecule has 2 N–H and O–H groups in total. The van der Waals surface area contributed by atoms with E-state index in [0.717, 1.165) is 12.8 Å². The lowest BCUT2D eigenvalue weighted by molar-refractivity contribution is -0.122. The number of hydrogen-bond acceptors (Lipinski definition) is 6. The van der Waals surface area contributed by atoms with Gasteiger partial charge in [-0.2, -0.15) is 4.72 Å². The van der Waals surface area contributed by atoms with Gasteiger partial charge in [0.15, 0.2) is 0 Å². The fourth-order valence-corrected chi connectivity index (χ4v) is 5.77. The van der Waals surface area contributed by atoms with Gasteiger partial charge in [-0.15, -0.1) is 9.46 Å². The Kier molecular flexibility index (Phi) is 11.1. The van der Waals surface area contributed by atoms with E-state index in [4.69, 9.17) is 0 Å². The van der Waals surface area contributed by atoms with E-state index in [1.54, 1.807) is 18.2 Å². The van der Waals surface area contributed by atoms with Crippen molar-refractivity contribution in [1.29, 1.82) is 0 Å². The third kappa shape index (κ3) is 9.11. The maximum atomic E-state index is 13.0. The first-order valence-corrected chi connectivity index (χ1v) is 15.1. The number of rotatable bonds is 15. The minimum absolute atomic E-state index is 0.000917. The number of amides is 1. The van der Waals surface area contributed by atoms with Crippen LogP contribution in [-0.4, -0.2) is 26.9 Å². The molecule has 0 radical (unpaired) electrons. The Bertz CT molecular complexity index is 1300. The maximum Gasteiger partial charge on any atom is 0.399 e. The third-order valence-electron chi connectivity index (χ3n) is 5.75. The van der Waals surface area contributed by atoms with Gasteiger partial charge < -0.3 is 5.32 Å². The third-order valence-corrected chi connectivity index (χ3v) is 8.41. The number of aryl methyl sites for hydroxylation is 1. The molecule has 3 rings (SSSR count). The Morgan fingerprint density at radius 2 is 1.39 bits per heavy atom. The normalized spacial score (nSPS) is 12.7. The molecule has 0 unspecified atom stereocenters. The van der Waals surface area contributed by atoms with Crippen LogP contribution in [0, 0.1) is 0 Å². The van der Waals surface area contributed by atoms with Gasteiger partial charge in [-0.25, -0.2) is 8.42 Å². The first kappa shape index (κ1) is 29.6. The summed E-state index contributed by atoms with van der Waals surface area (Å²) < 4.78 is 71.0. The van der Waals surface area contributed by atoms with Crippen LogP contribution in [0.1, 0.15) is 29.5 Å². The van der Waals surface area contributed by atoms with Gasteiger partial charge >= 0.3 is 7.60 Å². The van der Waals surface area contributed by atoms with Crippen molar-refractivity contribution in [2.24, 2.45) is 0 Å². The van der Waals surface area contributed by atoms with Gasteiger partial charge in [0.05, 0.1) is 11.1 Å². The second-order valence-electron chi connectivity index (χ2n) is 8.65. The van der Waals surface area contributed by atoms with E-state index < -0.39 is 35.7 Å². The van der Waals surface area contributed by atoms with Crippen molar-refractivity contribution in [3.05, 3.63) is 102 Å². The van der Waals surface area contributed by atoms with Crippen molar-refractivity contribution in [2.45, 2.75) is 42.8 Å². The Balaban J connectivity index is 1.66. The Morgan fingerprint density at radius 3 is 2.00 bits per heavy atom. The van der Waals surface area contributed by atoms with Crippen molar-refractivity contribution in [3.63, 3.8) is 0 Å². The predicted molar refractivity (Wildman–Crippen MR) is 139 cm³/mol. The molecule has 204 valence electrons. The molecule has 1 atom stereocenters. The second kappa shape index (κ2) is 14.3. The van der Waals surface area contributed by atoms with Gasteiger partial charge in [0, 0.05) is 6.54 Å². The monoisotopic (exact) mass is 566 g/mol.